The molecule has 0 aliphatic carbocycles. The van der Waals surface area contributed by atoms with Gasteiger partial charge in [-0.3, -0.25) is 14.9 Å². The summed E-state index contributed by atoms with van der Waals surface area (Å²) < 4.78 is 7.75. The van der Waals surface area contributed by atoms with Crippen molar-refractivity contribution in [3.05, 3.63) is 95.1 Å². The van der Waals surface area contributed by atoms with E-state index in [-0.39, 0.29) is 5.57 Å². The first-order chi connectivity index (χ1) is 16.6. The highest BCUT2D eigenvalue weighted by Crippen LogP contribution is 2.31. The second-order valence-electron chi connectivity index (χ2n) is 8.31. The zero-order valence-electron chi connectivity index (χ0n) is 19.3. The lowest BCUT2D eigenvalue weighted by molar-refractivity contribution is -0.122. The molecule has 1 aliphatic rings. The summed E-state index contributed by atoms with van der Waals surface area (Å²) in [4.78, 5) is 39.3. The van der Waals surface area contributed by atoms with Gasteiger partial charge in [-0.25, -0.2) is 9.69 Å². The minimum Gasteiger partial charge on any atom is -0.487 e. The lowest BCUT2D eigenvalue weighted by Gasteiger charge is -2.27. The number of aryl methyl sites for hydroxylation is 3. The third-order valence-electron chi connectivity index (χ3n) is 5.69. The maximum absolute atomic E-state index is 13.2. The highest BCUT2D eigenvalue weighted by Gasteiger charge is 2.37. The fourth-order valence-corrected chi connectivity index (χ4v) is 5.69. The largest absolute Gasteiger partial charge is 0.487 e. The summed E-state index contributed by atoms with van der Waals surface area (Å²) >= 11 is 4.36. The van der Waals surface area contributed by atoms with Gasteiger partial charge in [0, 0.05) is 0 Å². The number of nitrogens with zero attached hydrogens (tertiary/aromatic N) is 1. The number of carbonyl (C=O) groups is 3. The minimum atomic E-state index is -0.760. The van der Waals surface area contributed by atoms with Gasteiger partial charge in [-0.15, -0.1) is 0 Å². The Labute approximate surface area is 231 Å². The molecule has 3 aromatic carbocycles. The molecule has 8 heteroatoms. The molecule has 0 aromatic heterocycles. The molecule has 1 heterocycles. The molecule has 4 amide bonds. The molecule has 0 bridgehead atoms. The number of nitrogens with one attached hydrogen (secondary N) is 1. The van der Waals surface area contributed by atoms with Crippen LogP contribution in [0.15, 0.2) is 60.2 Å². The summed E-state index contributed by atoms with van der Waals surface area (Å²) in [6.45, 7) is 6.32. The van der Waals surface area contributed by atoms with E-state index >= 15 is 0 Å². The van der Waals surface area contributed by atoms with Crippen molar-refractivity contribution in [2.75, 3.05) is 4.90 Å². The van der Waals surface area contributed by atoms with Gasteiger partial charge >= 0.3 is 6.03 Å². The van der Waals surface area contributed by atoms with E-state index in [1.54, 1.807) is 12.1 Å². The topological polar surface area (TPSA) is 75.7 Å². The van der Waals surface area contributed by atoms with Crippen molar-refractivity contribution < 1.29 is 19.1 Å². The van der Waals surface area contributed by atoms with E-state index < -0.39 is 17.8 Å². The van der Waals surface area contributed by atoms with Gasteiger partial charge in [-0.1, -0.05) is 35.9 Å². The van der Waals surface area contributed by atoms with Crippen LogP contribution in [0, 0.1) is 27.9 Å². The normalized spacial score (nSPS) is 14.9. The number of halogens is 2. The molecule has 6 nitrogen and oxygen atoms in total. The number of benzene rings is 3. The number of amides is 4. The number of urea groups is 1. The van der Waals surface area contributed by atoms with Crippen LogP contribution in [0.1, 0.15) is 27.8 Å². The Morgan fingerprint density at radius 3 is 2.17 bits per heavy atom. The van der Waals surface area contributed by atoms with Crippen LogP contribution < -0.4 is 15.0 Å². The number of rotatable bonds is 5. The number of imide groups is 2. The summed E-state index contributed by atoms with van der Waals surface area (Å²) in [6, 6.07) is 16.4. The number of barbiturate groups is 1. The van der Waals surface area contributed by atoms with Crippen molar-refractivity contribution in [2.24, 2.45) is 0 Å². The van der Waals surface area contributed by atoms with E-state index in [1.165, 1.54) is 11.6 Å². The van der Waals surface area contributed by atoms with E-state index in [0.717, 1.165) is 34.5 Å². The van der Waals surface area contributed by atoms with Crippen LogP contribution in [0.3, 0.4) is 0 Å². The van der Waals surface area contributed by atoms with Gasteiger partial charge < -0.3 is 4.74 Å². The van der Waals surface area contributed by atoms with E-state index in [9.17, 15) is 14.4 Å². The van der Waals surface area contributed by atoms with Gasteiger partial charge in [0.1, 0.15) is 17.9 Å². The zero-order chi connectivity index (χ0) is 25.3. The third-order valence-corrected chi connectivity index (χ3v) is 7.29. The molecule has 0 radical (unpaired) electrons. The lowest BCUT2D eigenvalue weighted by atomic mass is 10.1. The Balaban J connectivity index is 1.61. The number of ether oxygens (including phenoxy) is 1. The fourth-order valence-electron chi connectivity index (χ4n) is 3.56. The number of hydrogen-bond donors (Lipinski definition) is 1. The Morgan fingerprint density at radius 1 is 0.886 bits per heavy atom. The van der Waals surface area contributed by atoms with Crippen molar-refractivity contribution in [3.63, 3.8) is 0 Å². The van der Waals surface area contributed by atoms with Gasteiger partial charge in [0.15, 0.2) is 0 Å². The van der Waals surface area contributed by atoms with E-state index in [0.29, 0.717) is 17.9 Å². The molecule has 0 unspecified atom stereocenters. The third kappa shape index (κ3) is 5.58. The number of anilines is 1. The maximum atomic E-state index is 13.2. The second kappa shape index (κ2) is 10.5. The number of hydrogen-bond acceptors (Lipinski definition) is 4. The average molecular weight is 692 g/mol. The van der Waals surface area contributed by atoms with Crippen molar-refractivity contribution >= 4 is 74.8 Å². The summed E-state index contributed by atoms with van der Waals surface area (Å²) in [7, 11) is 0. The molecule has 35 heavy (non-hydrogen) atoms. The molecular weight excluding hydrogens is 670 g/mol. The first-order valence-electron chi connectivity index (χ1n) is 10.8. The van der Waals surface area contributed by atoms with Crippen LogP contribution in [0.5, 0.6) is 5.75 Å². The van der Waals surface area contributed by atoms with E-state index in [2.05, 4.69) is 50.5 Å². The van der Waals surface area contributed by atoms with Crippen molar-refractivity contribution in [1.29, 1.82) is 0 Å². The van der Waals surface area contributed by atoms with Crippen molar-refractivity contribution in [1.82, 2.24) is 5.32 Å². The molecule has 0 atom stereocenters. The van der Waals surface area contributed by atoms with Gasteiger partial charge in [-0.05, 0) is 119 Å². The first kappa shape index (κ1) is 25.4. The van der Waals surface area contributed by atoms with Crippen molar-refractivity contribution in [2.45, 2.75) is 27.4 Å². The lowest BCUT2D eigenvalue weighted by Crippen LogP contribution is -2.54. The molecule has 0 spiro atoms. The smallest absolute Gasteiger partial charge is 0.335 e. The monoisotopic (exact) mass is 692 g/mol. The SMILES string of the molecule is Cc1ccc(COc2c(I)cc(/C=C3\C(=O)NC(=O)N(c4ccc(C)c(C)c4)C3=O)cc2I)cc1. The molecule has 4 rings (SSSR count). The van der Waals surface area contributed by atoms with Gasteiger partial charge in [0.05, 0.1) is 12.8 Å². The Hall–Kier alpha value is -2.73. The predicted octanol–water partition coefficient (Wildman–Crippen LogP) is 6.07. The summed E-state index contributed by atoms with van der Waals surface area (Å²) in [5, 5.41) is 2.28. The quantitative estimate of drug-likeness (QED) is 0.200. The Bertz CT molecular complexity index is 1360. The zero-order valence-corrected chi connectivity index (χ0v) is 23.6. The average Bonchev–Trinajstić information content (AvgIpc) is 2.79. The van der Waals surface area contributed by atoms with Gasteiger partial charge in [-0.2, -0.15) is 0 Å². The Morgan fingerprint density at radius 2 is 1.54 bits per heavy atom. The minimum absolute atomic E-state index is 0.109. The molecule has 1 aliphatic heterocycles. The van der Waals surface area contributed by atoms with Crippen LogP contribution in [-0.4, -0.2) is 17.8 Å². The second-order valence-corrected chi connectivity index (χ2v) is 10.6. The van der Waals surface area contributed by atoms with Crippen LogP contribution in [0.4, 0.5) is 10.5 Å². The number of carbonyl (C=O) groups excluding carboxylic acids is 3. The van der Waals surface area contributed by atoms with Crippen LogP contribution in [0.25, 0.3) is 6.08 Å². The highest BCUT2D eigenvalue weighted by molar-refractivity contribution is 14.1. The molecule has 3 aromatic rings. The maximum Gasteiger partial charge on any atom is 0.335 e. The van der Waals surface area contributed by atoms with Crippen LogP contribution >= 0.6 is 45.2 Å². The summed E-state index contributed by atoms with van der Waals surface area (Å²) in [5.74, 6) is -0.642. The molecule has 0 saturated carbocycles. The molecule has 178 valence electrons. The summed E-state index contributed by atoms with van der Waals surface area (Å²) in [5.41, 5.74) is 5.20. The predicted molar refractivity (Wildman–Crippen MR) is 152 cm³/mol. The first-order valence-corrected chi connectivity index (χ1v) is 13.0. The van der Waals surface area contributed by atoms with Crippen LogP contribution in [0.2, 0.25) is 0 Å². The Kier molecular flexibility index (Phi) is 7.60. The molecule has 1 N–H and O–H groups in total. The molecule has 1 fully saturated rings. The van der Waals surface area contributed by atoms with E-state index in [4.69, 9.17) is 4.74 Å². The fraction of sp³-hybridized carbons (Fsp3) is 0.148. The molecule has 1 saturated heterocycles. The molecular formula is C27H22I2N2O4. The van der Waals surface area contributed by atoms with Gasteiger partial charge in [0.2, 0.25) is 0 Å². The van der Waals surface area contributed by atoms with Crippen LogP contribution in [-0.2, 0) is 16.2 Å². The highest BCUT2D eigenvalue weighted by atomic mass is 127. The van der Waals surface area contributed by atoms with Crippen molar-refractivity contribution in [3.8, 4) is 5.75 Å². The standard InChI is InChI=1S/C27H22I2N2O4/c1-15-4-7-18(8-5-15)14-35-24-22(28)12-19(13-23(24)29)11-21-25(32)30-27(34)31(26(21)33)20-9-6-16(2)17(3)10-20/h4-13H,14H2,1-3H3,(H,30,32,34)/b21-11+. The van der Waals surface area contributed by atoms with Gasteiger partial charge in [0.25, 0.3) is 11.8 Å². The van der Waals surface area contributed by atoms with E-state index in [1.807, 2.05) is 63.2 Å². The summed E-state index contributed by atoms with van der Waals surface area (Å²) in [6.07, 6.45) is 1.51.